The first kappa shape index (κ1) is 14.8. The largest absolute Gasteiger partial charge is 0.456 e. The molecular weight excluding hydrogens is 306 g/mol. The van der Waals surface area contributed by atoms with Gasteiger partial charge in [-0.1, -0.05) is 29.8 Å². The van der Waals surface area contributed by atoms with E-state index in [1.165, 1.54) is 23.1 Å². The van der Waals surface area contributed by atoms with Gasteiger partial charge in [-0.15, -0.1) is 0 Å². The van der Waals surface area contributed by atoms with Gasteiger partial charge in [0.2, 0.25) is 0 Å². The van der Waals surface area contributed by atoms with E-state index in [0.717, 1.165) is 34.9 Å². The van der Waals surface area contributed by atoms with E-state index in [0.29, 0.717) is 6.04 Å². The molecule has 1 aliphatic heterocycles. The fourth-order valence-electron chi connectivity index (χ4n) is 3.68. The Balaban J connectivity index is 1.95. The molecule has 1 unspecified atom stereocenters. The average Bonchev–Trinajstić information content (AvgIpc) is 2.69. The van der Waals surface area contributed by atoms with Crippen molar-refractivity contribution in [1.29, 1.82) is 0 Å². The third-order valence-electron chi connectivity index (χ3n) is 4.96. The molecule has 23 heavy (non-hydrogen) atoms. The Kier molecular flexibility index (Phi) is 3.67. The molecule has 2 aromatic carbocycles. The Hall–Kier alpha value is -1.77. The quantitative estimate of drug-likeness (QED) is 0.689. The van der Waals surface area contributed by atoms with E-state index in [4.69, 9.17) is 16.3 Å². The third-order valence-corrected chi connectivity index (χ3v) is 5.20. The number of hydrogen-bond donors (Lipinski definition) is 0. The number of halogens is 1. The number of rotatable bonds is 1. The number of ether oxygens (including phenoxy) is 1. The highest BCUT2D eigenvalue weighted by atomic mass is 35.5. The van der Waals surface area contributed by atoms with Crippen LogP contribution in [0.1, 0.15) is 30.4 Å². The Morgan fingerprint density at radius 3 is 2.61 bits per heavy atom. The van der Waals surface area contributed by atoms with Crippen molar-refractivity contribution >= 4 is 22.7 Å². The molecule has 3 heteroatoms. The second-order valence-corrected chi connectivity index (χ2v) is 6.99. The number of hydrogen-bond acceptors (Lipinski definition) is 2. The minimum absolute atomic E-state index is 0.561. The first-order valence-corrected chi connectivity index (χ1v) is 8.47. The van der Waals surface area contributed by atoms with Crippen molar-refractivity contribution in [2.45, 2.75) is 25.3 Å². The highest BCUT2D eigenvalue weighted by Gasteiger charge is 2.29. The summed E-state index contributed by atoms with van der Waals surface area (Å²) in [6.07, 6.45) is 3.29. The molecule has 2 nitrogen and oxygen atoms in total. The zero-order valence-corrected chi connectivity index (χ0v) is 14.2. The van der Waals surface area contributed by atoms with Crippen LogP contribution in [0.4, 0.5) is 0 Å². The van der Waals surface area contributed by atoms with Crippen molar-refractivity contribution < 1.29 is 4.74 Å². The molecule has 0 amide bonds. The van der Waals surface area contributed by atoms with Gasteiger partial charge in [0.05, 0.1) is 0 Å². The second kappa shape index (κ2) is 5.70. The molecule has 0 saturated heterocycles. The lowest BCUT2D eigenvalue weighted by atomic mass is 9.81. The Bertz CT molecular complexity index is 794. The Morgan fingerprint density at radius 2 is 1.78 bits per heavy atom. The van der Waals surface area contributed by atoms with Crippen LogP contribution < -0.4 is 4.74 Å². The number of para-hydroxylation sites is 1. The van der Waals surface area contributed by atoms with Crippen LogP contribution in [-0.4, -0.2) is 25.0 Å². The fourth-order valence-corrected chi connectivity index (χ4v) is 3.86. The Labute approximate surface area is 142 Å². The maximum Gasteiger partial charge on any atom is 0.135 e. The third kappa shape index (κ3) is 2.56. The first-order valence-electron chi connectivity index (χ1n) is 8.09. The van der Waals surface area contributed by atoms with Crippen molar-refractivity contribution in [2.75, 3.05) is 14.1 Å². The molecule has 0 radical (unpaired) electrons. The van der Waals surface area contributed by atoms with Gasteiger partial charge in [-0.2, -0.15) is 0 Å². The van der Waals surface area contributed by atoms with Crippen molar-refractivity contribution in [3.8, 4) is 11.5 Å². The zero-order valence-electron chi connectivity index (χ0n) is 13.5. The molecule has 1 aliphatic carbocycles. The lowest BCUT2D eigenvalue weighted by molar-refractivity contribution is 0.281. The van der Waals surface area contributed by atoms with Crippen molar-refractivity contribution in [1.82, 2.24) is 4.90 Å². The van der Waals surface area contributed by atoms with Crippen LogP contribution in [0.2, 0.25) is 5.02 Å². The van der Waals surface area contributed by atoms with Gasteiger partial charge in [0.25, 0.3) is 0 Å². The van der Waals surface area contributed by atoms with E-state index in [9.17, 15) is 0 Å². The van der Waals surface area contributed by atoms with Gasteiger partial charge < -0.3 is 9.64 Å². The van der Waals surface area contributed by atoms with Crippen LogP contribution in [0.25, 0.3) is 11.1 Å². The minimum atomic E-state index is 0.561. The predicted octanol–water partition coefficient (Wildman–Crippen LogP) is 5.47. The van der Waals surface area contributed by atoms with Gasteiger partial charge in [0.15, 0.2) is 0 Å². The zero-order chi connectivity index (χ0) is 16.0. The summed E-state index contributed by atoms with van der Waals surface area (Å²) in [5.41, 5.74) is 5.18. The number of fused-ring (bicyclic) bond motifs is 4. The molecule has 0 spiro atoms. The maximum absolute atomic E-state index is 6.28. The van der Waals surface area contributed by atoms with Crippen molar-refractivity contribution in [2.24, 2.45) is 0 Å². The van der Waals surface area contributed by atoms with Gasteiger partial charge in [0, 0.05) is 22.2 Å². The van der Waals surface area contributed by atoms with Gasteiger partial charge in [0.1, 0.15) is 11.5 Å². The Morgan fingerprint density at radius 1 is 1.00 bits per heavy atom. The summed E-state index contributed by atoms with van der Waals surface area (Å²) in [5.74, 6) is 1.86. The summed E-state index contributed by atoms with van der Waals surface area (Å²) in [7, 11) is 4.33. The van der Waals surface area contributed by atoms with Crippen LogP contribution in [0.3, 0.4) is 0 Å². The summed E-state index contributed by atoms with van der Waals surface area (Å²) in [6.45, 7) is 0. The summed E-state index contributed by atoms with van der Waals surface area (Å²) in [4.78, 5) is 2.33. The molecule has 2 aliphatic rings. The summed E-state index contributed by atoms with van der Waals surface area (Å²) in [6, 6.07) is 14.9. The molecule has 0 bridgehead atoms. The molecule has 0 fully saturated rings. The number of allylic oxidation sites excluding steroid dienone is 1. The minimum Gasteiger partial charge on any atom is -0.456 e. The molecule has 2 aromatic rings. The lowest BCUT2D eigenvalue weighted by Crippen LogP contribution is -2.30. The van der Waals surface area contributed by atoms with Gasteiger partial charge >= 0.3 is 0 Å². The molecule has 0 aromatic heterocycles. The van der Waals surface area contributed by atoms with Gasteiger partial charge in [-0.25, -0.2) is 0 Å². The molecule has 0 N–H and O–H groups in total. The molecular formula is C20H20ClNO. The van der Waals surface area contributed by atoms with Crippen LogP contribution in [0, 0.1) is 0 Å². The monoisotopic (exact) mass is 325 g/mol. The van der Waals surface area contributed by atoms with E-state index in [2.05, 4.69) is 43.3 Å². The first-order chi connectivity index (χ1) is 11.1. The van der Waals surface area contributed by atoms with Gasteiger partial charge in [-0.05, 0) is 68.8 Å². The molecule has 118 valence electrons. The van der Waals surface area contributed by atoms with Gasteiger partial charge in [-0.3, -0.25) is 0 Å². The van der Waals surface area contributed by atoms with E-state index in [1.54, 1.807) is 0 Å². The van der Waals surface area contributed by atoms with Crippen molar-refractivity contribution in [3.05, 3.63) is 58.6 Å². The summed E-state index contributed by atoms with van der Waals surface area (Å²) in [5, 5.41) is 0.761. The van der Waals surface area contributed by atoms with Crippen LogP contribution >= 0.6 is 11.6 Å². The molecule has 4 rings (SSSR count). The molecule has 1 heterocycles. The smallest absolute Gasteiger partial charge is 0.135 e. The highest BCUT2D eigenvalue weighted by molar-refractivity contribution is 6.30. The van der Waals surface area contributed by atoms with E-state index in [1.807, 2.05) is 18.2 Å². The normalized spacial score (nSPS) is 19.6. The van der Waals surface area contributed by atoms with E-state index < -0.39 is 0 Å². The SMILES string of the molecule is CN(C)C1CCC2=C(C1)c1cc(Cl)ccc1Oc1ccccc12. The molecule has 0 saturated carbocycles. The number of nitrogens with zero attached hydrogens (tertiary/aromatic N) is 1. The summed E-state index contributed by atoms with van der Waals surface area (Å²) >= 11 is 6.28. The van der Waals surface area contributed by atoms with E-state index in [-0.39, 0.29) is 0 Å². The number of benzene rings is 2. The molecule has 1 atom stereocenters. The van der Waals surface area contributed by atoms with E-state index >= 15 is 0 Å². The predicted molar refractivity (Wildman–Crippen MR) is 96.1 cm³/mol. The van der Waals surface area contributed by atoms with Crippen molar-refractivity contribution in [3.63, 3.8) is 0 Å². The van der Waals surface area contributed by atoms with Crippen LogP contribution in [-0.2, 0) is 0 Å². The topological polar surface area (TPSA) is 12.5 Å². The lowest BCUT2D eigenvalue weighted by Gasteiger charge is -2.31. The van der Waals surface area contributed by atoms with Crippen LogP contribution in [0.5, 0.6) is 11.5 Å². The van der Waals surface area contributed by atoms with Crippen LogP contribution in [0.15, 0.2) is 42.5 Å². The standard InChI is InChI=1S/C20H20ClNO/c1-22(2)14-8-9-15-16-5-3-4-6-19(16)23-20-10-7-13(21)11-18(20)17(15)12-14/h3-7,10-11,14H,8-9,12H2,1-2H3. The highest BCUT2D eigenvalue weighted by Crippen LogP contribution is 2.48. The summed E-state index contributed by atoms with van der Waals surface area (Å²) < 4.78 is 6.23. The second-order valence-electron chi connectivity index (χ2n) is 6.56. The average molecular weight is 326 g/mol. The maximum atomic E-state index is 6.28. The fraction of sp³-hybridized carbons (Fsp3) is 0.300.